The van der Waals surface area contributed by atoms with Crippen LogP contribution in [0.25, 0.3) is 10.3 Å². The van der Waals surface area contributed by atoms with E-state index >= 15 is 0 Å². The number of carbonyl (C=O) groups is 1. The Morgan fingerprint density at radius 1 is 1.21 bits per heavy atom. The Balaban J connectivity index is 1.26. The van der Waals surface area contributed by atoms with Gasteiger partial charge in [0.15, 0.2) is 22.3 Å². The second kappa shape index (κ2) is 8.25. The van der Waals surface area contributed by atoms with E-state index in [1.165, 1.54) is 18.1 Å². The molecular formula is C18H17N5O3S3. The van der Waals surface area contributed by atoms with Crippen molar-refractivity contribution in [3.05, 3.63) is 24.5 Å². The van der Waals surface area contributed by atoms with Gasteiger partial charge in [-0.1, -0.05) is 23.1 Å². The maximum atomic E-state index is 12.4. The molecule has 0 saturated carbocycles. The van der Waals surface area contributed by atoms with Crippen LogP contribution in [0.1, 0.15) is 0 Å². The fourth-order valence-electron chi connectivity index (χ4n) is 3.02. The highest BCUT2D eigenvalue weighted by Gasteiger charge is 2.19. The maximum Gasteiger partial charge on any atom is 0.234 e. The third-order valence-corrected chi connectivity index (χ3v) is 7.60. The third kappa shape index (κ3) is 4.07. The summed E-state index contributed by atoms with van der Waals surface area (Å²) < 4.78 is 11.6. The lowest BCUT2D eigenvalue weighted by Crippen LogP contribution is -2.32. The zero-order chi connectivity index (χ0) is 19.6. The van der Waals surface area contributed by atoms with Gasteiger partial charge in [-0.2, -0.15) is 16.7 Å². The fraction of sp³-hybridized carbons (Fsp3) is 0.333. The van der Waals surface area contributed by atoms with Crippen LogP contribution in [0.2, 0.25) is 0 Å². The van der Waals surface area contributed by atoms with Gasteiger partial charge in [0.05, 0.1) is 5.75 Å². The largest absolute Gasteiger partial charge is 0.454 e. The molecule has 2 aromatic heterocycles. The Hall–Kier alpha value is -2.24. The zero-order valence-corrected chi connectivity index (χ0v) is 17.7. The first-order valence-electron chi connectivity index (χ1n) is 9.03. The van der Waals surface area contributed by atoms with Gasteiger partial charge in [0.2, 0.25) is 12.7 Å². The van der Waals surface area contributed by atoms with E-state index in [9.17, 15) is 4.79 Å². The molecule has 1 N–H and O–H groups in total. The van der Waals surface area contributed by atoms with Crippen LogP contribution in [-0.4, -0.2) is 58.0 Å². The first-order valence-corrected chi connectivity index (χ1v) is 12.0. The van der Waals surface area contributed by atoms with Crippen molar-refractivity contribution in [3.8, 4) is 11.5 Å². The van der Waals surface area contributed by atoms with Crippen LogP contribution in [0.4, 0.5) is 10.8 Å². The molecule has 11 heteroatoms. The van der Waals surface area contributed by atoms with E-state index in [0.717, 1.165) is 39.5 Å². The number of thioether (sulfide) groups is 2. The van der Waals surface area contributed by atoms with Crippen LogP contribution in [0.3, 0.4) is 0 Å². The lowest BCUT2D eigenvalue weighted by atomic mass is 10.3. The quantitative estimate of drug-likeness (QED) is 0.468. The normalized spacial score (nSPS) is 15.7. The number of hydrogen-bond donors (Lipinski definition) is 1. The molecule has 2 aliphatic rings. The predicted octanol–water partition coefficient (Wildman–Crippen LogP) is 3.10. The highest BCUT2D eigenvalue weighted by molar-refractivity contribution is 8.00. The van der Waals surface area contributed by atoms with Gasteiger partial charge in [0, 0.05) is 36.3 Å². The summed E-state index contributed by atoms with van der Waals surface area (Å²) >= 11 is 4.95. The van der Waals surface area contributed by atoms with Crippen LogP contribution in [0, 0.1) is 0 Å². The summed E-state index contributed by atoms with van der Waals surface area (Å²) in [7, 11) is 0. The Kier molecular flexibility index (Phi) is 5.34. The number of thiazole rings is 1. The number of anilines is 2. The van der Waals surface area contributed by atoms with Gasteiger partial charge < -0.3 is 19.7 Å². The van der Waals surface area contributed by atoms with Gasteiger partial charge >= 0.3 is 0 Å². The summed E-state index contributed by atoms with van der Waals surface area (Å²) in [6.07, 6.45) is 1.51. The number of aromatic nitrogens is 3. The number of nitrogens with zero attached hydrogens (tertiary/aromatic N) is 4. The van der Waals surface area contributed by atoms with E-state index in [0.29, 0.717) is 22.8 Å². The number of hydrogen-bond acceptors (Lipinski definition) is 10. The van der Waals surface area contributed by atoms with Crippen molar-refractivity contribution in [1.82, 2.24) is 15.0 Å². The number of ether oxygens (including phenoxy) is 2. The monoisotopic (exact) mass is 447 g/mol. The topological polar surface area (TPSA) is 89.5 Å². The van der Waals surface area contributed by atoms with Gasteiger partial charge in [0.1, 0.15) is 16.1 Å². The lowest BCUT2D eigenvalue weighted by Gasteiger charge is -2.25. The maximum absolute atomic E-state index is 12.4. The molecule has 1 fully saturated rings. The number of benzene rings is 1. The van der Waals surface area contributed by atoms with Crippen LogP contribution in [0.15, 0.2) is 29.6 Å². The Labute approximate surface area is 179 Å². The first-order chi connectivity index (χ1) is 14.3. The molecule has 29 heavy (non-hydrogen) atoms. The second-order valence-corrected chi connectivity index (χ2v) is 9.50. The van der Waals surface area contributed by atoms with Crippen molar-refractivity contribution in [2.24, 2.45) is 0 Å². The van der Waals surface area contributed by atoms with Crippen LogP contribution < -0.4 is 19.7 Å². The van der Waals surface area contributed by atoms with E-state index in [2.05, 4.69) is 25.2 Å². The van der Waals surface area contributed by atoms with Crippen LogP contribution >= 0.6 is 34.9 Å². The molecule has 2 aliphatic heterocycles. The molecule has 8 nitrogen and oxygen atoms in total. The molecule has 4 heterocycles. The molecule has 5 rings (SSSR count). The molecule has 1 saturated heterocycles. The number of fused-ring (bicyclic) bond motifs is 2. The van der Waals surface area contributed by atoms with Crippen molar-refractivity contribution in [2.75, 3.05) is 47.4 Å². The van der Waals surface area contributed by atoms with E-state index in [1.54, 1.807) is 29.5 Å². The summed E-state index contributed by atoms with van der Waals surface area (Å²) in [6, 6.07) is 5.35. The van der Waals surface area contributed by atoms with E-state index in [4.69, 9.17) is 9.47 Å². The Bertz CT molecular complexity index is 1050. The molecular weight excluding hydrogens is 430 g/mol. The van der Waals surface area contributed by atoms with Gasteiger partial charge in [-0.25, -0.2) is 9.97 Å². The highest BCUT2D eigenvalue weighted by Crippen LogP contribution is 2.36. The van der Waals surface area contributed by atoms with Crippen LogP contribution in [0.5, 0.6) is 11.5 Å². The number of carbonyl (C=O) groups excluding carboxylic acids is 1. The minimum absolute atomic E-state index is 0.113. The van der Waals surface area contributed by atoms with Gasteiger partial charge in [0.25, 0.3) is 0 Å². The SMILES string of the molecule is O=C(CSc1ncnc2nc(N3CCSCC3)sc12)Nc1ccc2c(c1)OCO2. The van der Waals surface area contributed by atoms with Crippen molar-refractivity contribution >= 4 is 61.9 Å². The first kappa shape index (κ1) is 18.8. The molecule has 0 atom stereocenters. The molecule has 150 valence electrons. The molecule has 0 aliphatic carbocycles. The van der Waals surface area contributed by atoms with E-state index < -0.39 is 0 Å². The second-order valence-electron chi connectivity index (χ2n) is 6.33. The molecule has 0 radical (unpaired) electrons. The van der Waals surface area contributed by atoms with Gasteiger partial charge in [-0.05, 0) is 12.1 Å². The minimum atomic E-state index is -0.113. The van der Waals surface area contributed by atoms with Crippen LogP contribution in [-0.2, 0) is 4.79 Å². The van der Waals surface area contributed by atoms with Crippen molar-refractivity contribution in [3.63, 3.8) is 0 Å². The number of amides is 1. The Morgan fingerprint density at radius 3 is 2.97 bits per heavy atom. The minimum Gasteiger partial charge on any atom is -0.454 e. The summed E-state index contributed by atoms with van der Waals surface area (Å²) in [6.45, 7) is 2.20. The molecule has 1 aromatic carbocycles. The molecule has 1 amide bonds. The van der Waals surface area contributed by atoms with E-state index in [1.807, 2.05) is 11.8 Å². The molecule has 0 bridgehead atoms. The fourth-order valence-corrected chi connectivity index (χ4v) is 5.87. The summed E-state index contributed by atoms with van der Waals surface area (Å²) in [5.41, 5.74) is 1.37. The van der Waals surface area contributed by atoms with E-state index in [-0.39, 0.29) is 18.5 Å². The standard InChI is InChI=1S/C18H17N5O3S3/c24-14(21-11-1-2-12-13(7-11)26-10-25-12)8-28-17-15-16(19-9-20-17)22-18(29-15)23-3-5-27-6-4-23/h1-2,7,9H,3-6,8,10H2,(H,21,24). The highest BCUT2D eigenvalue weighted by atomic mass is 32.2. The smallest absolute Gasteiger partial charge is 0.234 e. The number of nitrogens with one attached hydrogen (secondary N) is 1. The lowest BCUT2D eigenvalue weighted by molar-refractivity contribution is -0.113. The van der Waals surface area contributed by atoms with Gasteiger partial charge in [-0.15, -0.1) is 0 Å². The van der Waals surface area contributed by atoms with Crippen molar-refractivity contribution in [2.45, 2.75) is 5.03 Å². The Morgan fingerprint density at radius 2 is 2.07 bits per heavy atom. The zero-order valence-electron chi connectivity index (χ0n) is 15.3. The predicted molar refractivity (Wildman–Crippen MR) is 117 cm³/mol. The average molecular weight is 448 g/mol. The van der Waals surface area contributed by atoms with Gasteiger partial charge in [-0.3, -0.25) is 4.79 Å². The summed E-state index contributed by atoms with van der Waals surface area (Å²) in [5, 5.41) is 4.65. The number of rotatable bonds is 5. The van der Waals surface area contributed by atoms with Crippen molar-refractivity contribution in [1.29, 1.82) is 0 Å². The average Bonchev–Trinajstić information content (AvgIpc) is 3.39. The summed E-state index contributed by atoms with van der Waals surface area (Å²) in [5.74, 6) is 3.69. The third-order valence-electron chi connectivity index (χ3n) is 4.43. The molecule has 3 aromatic rings. The molecule has 0 unspecified atom stereocenters. The molecule has 0 spiro atoms. The van der Waals surface area contributed by atoms with Crippen molar-refractivity contribution < 1.29 is 14.3 Å². The summed E-state index contributed by atoms with van der Waals surface area (Å²) in [4.78, 5) is 28.0.